The minimum atomic E-state index is 0.490. The summed E-state index contributed by atoms with van der Waals surface area (Å²) >= 11 is 7.78. The lowest BCUT2D eigenvalue weighted by molar-refractivity contribution is 0.171. The molecule has 9 heteroatoms. The summed E-state index contributed by atoms with van der Waals surface area (Å²) in [5, 5.41) is 13.0. The Morgan fingerprint density at radius 3 is 3.04 bits per heavy atom. The number of furan rings is 1. The fraction of sp³-hybridized carbons (Fsp3) is 0.267. The maximum absolute atomic E-state index is 6.26. The van der Waals surface area contributed by atoms with Crippen molar-refractivity contribution in [2.45, 2.75) is 17.5 Å². The molecule has 24 heavy (non-hydrogen) atoms. The van der Waals surface area contributed by atoms with Crippen LogP contribution in [0.2, 0.25) is 5.02 Å². The SMILES string of the molecule is Clc1cc(CSc2nnnn2Cc2ccco2)cc2c1OCCO2. The fourth-order valence-corrected chi connectivity index (χ4v) is 3.44. The van der Waals surface area contributed by atoms with E-state index in [0.29, 0.717) is 47.2 Å². The van der Waals surface area contributed by atoms with Crippen LogP contribution in [-0.2, 0) is 12.3 Å². The Bertz CT molecular complexity index is 837. The minimum Gasteiger partial charge on any atom is -0.486 e. The summed E-state index contributed by atoms with van der Waals surface area (Å²) in [5.41, 5.74) is 1.02. The highest BCUT2D eigenvalue weighted by atomic mass is 35.5. The van der Waals surface area contributed by atoms with Gasteiger partial charge < -0.3 is 13.9 Å². The van der Waals surface area contributed by atoms with Gasteiger partial charge in [0, 0.05) is 5.75 Å². The van der Waals surface area contributed by atoms with E-state index in [9.17, 15) is 0 Å². The summed E-state index contributed by atoms with van der Waals surface area (Å²) < 4.78 is 18.2. The predicted octanol–water partition coefficient (Wildman–Crippen LogP) is 3.03. The van der Waals surface area contributed by atoms with E-state index in [1.165, 1.54) is 11.8 Å². The lowest BCUT2D eigenvalue weighted by atomic mass is 10.2. The van der Waals surface area contributed by atoms with E-state index in [1.54, 1.807) is 10.9 Å². The Morgan fingerprint density at radius 1 is 1.25 bits per heavy atom. The van der Waals surface area contributed by atoms with Crippen LogP contribution < -0.4 is 9.47 Å². The largest absolute Gasteiger partial charge is 0.486 e. The summed E-state index contributed by atoms with van der Waals surface area (Å²) in [6.07, 6.45) is 1.63. The third-order valence-corrected chi connectivity index (χ3v) is 4.72. The quantitative estimate of drug-likeness (QED) is 0.644. The molecule has 0 bridgehead atoms. The molecule has 0 spiro atoms. The molecule has 7 nitrogen and oxygen atoms in total. The molecule has 0 aliphatic carbocycles. The molecule has 0 N–H and O–H groups in total. The molecule has 0 fully saturated rings. The van der Waals surface area contributed by atoms with Crippen molar-refractivity contribution in [1.29, 1.82) is 0 Å². The summed E-state index contributed by atoms with van der Waals surface area (Å²) in [6.45, 7) is 1.54. The number of ether oxygens (including phenoxy) is 2. The monoisotopic (exact) mass is 364 g/mol. The second kappa shape index (κ2) is 6.74. The molecular weight excluding hydrogens is 352 g/mol. The molecule has 124 valence electrons. The molecule has 0 amide bonds. The molecule has 0 saturated carbocycles. The van der Waals surface area contributed by atoms with Gasteiger partial charge >= 0.3 is 0 Å². The van der Waals surface area contributed by atoms with Crippen molar-refractivity contribution in [2.24, 2.45) is 0 Å². The molecular formula is C15H13ClN4O3S. The van der Waals surface area contributed by atoms with E-state index < -0.39 is 0 Å². The first kappa shape index (κ1) is 15.3. The van der Waals surface area contributed by atoms with E-state index in [0.717, 1.165) is 11.3 Å². The highest BCUT2D eigenvalue weighted by Crippen LogP contribution is 2.39. The van der Waals surface area contributed by atoms with E-state index in [4.69, 9.17) is 25.5 Å². The lowest BCUT2D eigenvalue weighted by Gasteiger charge is -2.20. The molecule has 0 saturated heterocycles. The van der Waals surface area contributed by atoms with Gasteiger partial charge in [-0.1, -0.05) is 23.4 Å². The van der Waals surface area contributed by atoms with Crippen molar-refractivity contribution in [1.82, 2.24) is 20.2 Å². The van der Waals surface area contributed by atoms with Gasteiger partial charge in [0.25, 0.3) is 0 Å². The predicted molar refractivity (Wildman–Crippen MR) is 87.6 cm³/mol. The summed E-state index contributed by atoms with van der Waals surface area (Å²) in [5.74, 6) is 2.75. The zero-order valence-electron chi connectivity index (χ0n) is 12.5. The Balaban J connectivity index is 1.48. The van der Waals surface area contributed by atoms with Crippen LogP contribution in [0.4, 0.5) is 0 Å². The molecule has 1 aliphatic heterocycles. The second-order valence-electron chi connectivity index (χ2n) is 5.09. The maximum Gasteiger partial charge on any atom is 0.210 e. The highest BCUT2D eigenvalue weighted by molar-refractivity contribution is 7.98. The molecule has 4 rings (SSSR count). The topological polar surface area (TPSA) is 75.2 Å². The van der Waals surface area contributed by atoms with Gasteiger partial charge in [-0.3, -0.25) is 0 Å². The molecule has 0 unspecified atom stereocenters. The number of halogens is 1. The average molecular weight is 365 g/mol. The molecule has 0 radical (unpaired) electrons. The Morgan fingerprint density at radius 2 is 2.17 bits per heavy atom. The Kier molecular flexibility index (Phi) is 4.31. The first-order valence-electron chi connectivity index (χ1n) is 7.29. The van der Waals surface area contributed by atoms with Crippen LogP contribution in [0.1, 0.15) is 11.3 Å². The Hall–Kier alpha value is -2.19. The number of rotatable bonds is 5. The Labute approximate surface area is 146 Å². The summed E-state index contributed by atoms with van der Waals surface area (Å²) in [4.78, 5) is 0. The number of tetrazole rings is 1. The van der Waals surface area contributed by atoms with E-state index in [-0.39, 0.29) is 0 Å². The molecule has 2 aromatic heterocycles. The first-order valence-corrected chi connectivity index (χ1v) is 8.65. The number of aromatic nitrogens is 4. The third-order valence-electron chi connectivity index (χ3n) is 3.41. The molecule has 3 aromatic rings. The van der Waals surface area contributed by atoms with Crippen LogP contribution >= 0.6 is 23.4 Å². The van der Waals surface area contributed by atoms with Gasteiger partial charge in [0.15, 0.2) is 11.5 Å². The van der Waals surface area contributed by atoms with Gasteiger partial charge in [-0.05, 0) is 40.3 Å². The minimum absolute atomic E-state index is 0.490. The van der Waals surface area contributed by atoms with Crippen molar-refractivity contribution in [3.63, 3.8) is 0 Å². The molecule has 1 aromatic carbocycles. The highest BCUT2D eigenvalue weighted by Gasteiger charge is 2.17. The van der Waals surface area contributed by atoms with Gasteiger partial charge in [-0.25, -0.2) is 4.68 Å². The fourth-order valence-electron chi connectivity index (χ4n) is 2.34. The van der Waals surface area contributed by atoms with Gasteiger partial charge in [0.1, 0.15) is 25.5 Å². The van der Waals surface area contributed by atoms with E-state index in [2.05, 4.69) is 15.5 Å². The van der Waals surface area contributed by atoms with Crippen molar-refractivity contribution in [2.75, 3.05) is 13.2 Å². The number of nitrogens with zero attached hydrogens (tertiary/aromatic N) is 4. The van der Waals surface area contributed by atoms with Crippen LogP contribution in [0.3, 0.4) is 0 Å². The van der Waals surface area contributed by atoms with Crippen molar-refractivity contribution < 1.29 is 13.9 Å². The number of thioether (sulfide) groups is 1. The van der Waals surface area contributed by atoms with Gasteiger partial charge in [-0.2, -0.15) is 0 Å². The molecule has 0 atom stereocenters. The first-order chi connectivity index (χ1) is 11.8. The van der Waals surface area contributed by atoms with Crippen LogP contribution in [0, 0.1) is 0 Å². The average Bonchev–Trinajstić information content (AvgIpc) is 3.25. The van der Waals surface area contributed by atoms with Crippen LogP contribution in [0.25, 0.3) is 0 Å². The smallest absolute Gasteiger partial charge is 0.210 e. The zero-order chi connectivity index (χ0) is 16.4. The number of benzene rings is 1. The molecule has 3 heterocycles. The van der Waals surface area contributed by atoms with Crippen LogP contribution in [0.5, 0.6) is 11.5 Å². The standard InChI is InChI=1S/C15H13ClN4O3S/c16-12-6-10(7-13-14(12)23-5-4-22-13)9-24-15-17-18-19-20(15)8-11-2-1-3-21-11/h1-3,6-7H,4-5,8-9H2. The maximum atomic E-state index is 6.26. The summed E-state index contributed by atoms with van der Waals surface area (Å²) in [6, 6.07) is 7.54. The van der Waals surface area contributed by atoms with Crippen molar-refractivity contribution in [3.8, 4) is 11.5 Å². The lowest BCUT2D eigenvalue weighted by Crippen LogP contribution is -2.15. The number of hydrogen-bond acceptors (Lipinski definition) is 7. The van der Waals surface area contributed by atoms with Crippen molar-refractivity contribution in [3.05, 3.63) is 46.9 Å². The van der Waals surface area contributed by atoms with Gasteiger partial charge in [0.2, 0.25) is 5.16 Å². The van der Waals surface area contributed by atoms with Crippen molar-refractivity contribution >= 4 is 23.4 Å². The van der Waals surface area contributed by atoms with E-state index in [1.807, 2.05) is 24.3 Å². The number of fused-ring (bicyclic) bond motifs is 1. The van der Waals surface area contributed by atoms with Crippen LogP contribution in [0.15, 0.2) is 40.1 Å². The van der Waals surface area contributed by atoms with Gasteiger partial charge in [0.05, 0.1) is 11.3 Å². The van der Waals surface area contributed by atoms with Gasteiger partial charge in [-0.15, -0.1) is 5.10 Å². The summed E-state index contributed by atoms with van der Waals surface area (Å²) in [7, 11) is 0. The zero-order valence-corrected chi connectivity index (χ0v) is 14.1. The number of hydrogen-bond donors (Lipinski definition) is 0. The second-order valence-corrected chi connectivity index (χ2v) is 6.44. The third kappa shape index (κ3) is 3.20. The normalized spacial score (nSPS) is 13.2. The van der Waals surface area contributed by atoms with Crippen LogP contribution in [-0.4, -0.2) is 33.4 Å². The van der Waals surface area contributed by atoms with E-state index >= 15 is 0 Å². The molecule has 1 aliphatic rings.